The van der Waals surface area contributed by atoms with Crippen molar-refractivity contribution in [2.75, 3.05) is 13.7 Å². The zero-order valence-corrected chi connectivity index (χ0v) is 14.7. The number of benzene rings is 2. The van der Waals surface area contributed by atoms with Crippen molar-refractivity contribution in [2.45, 2.75) is 31.5 Å². The maximum atomic E-state index is 6.15. The lowest BCUT2D eigenvalue weighted by Gasteiger charge is -2.33. The first-order valence-electron chi connectivity index (χ1n) is 8.37. The van der Waals surface area contributed by atoms with Gasteiger partial charge in [0.25, 0.3) is 0 Å². The van der Waals surface area contributed by atoms with E-state index in [-0.39, 0.29) is 6.10 Å². The summed E-state index contributed by atoms with van der Waals surface area (Å²) in [5, 5.41) is 0. The quantitative estimate of drug-likeness (QED) is 0.775. The first-order chi connectivity index (χ1) is 11.9. The third-order valence-electron chi connectivity index (χ3n) is 4.91. The van der Waals surface area contributed by atoms with Gasteiger partial charge in [-0.1, -0.05) is 36.4 Å². The van der Waals surface area contributed by atoms with Crippen LogP contribution in [0, 0.1) is 0 Å². The van der Waals surface area contributed by atoms with Crippen LogP contribution in [-0.4, -0.2) is 25.6 Å². The molecule has 0 radical (unpaired) electrons. The van der Waals surface area contributed by atoms with Gasteiger partial charge in [-0.3, -0.25) is 0 Å². The zero-order chi connectivity index (χ0) is 16.4. The molecule has 3 nitrogen and oxygen atoms in total. The average Bonchev–Trinajstić information content (AvgIpc) is 2.87. The smallest absolute Gasteiger partial charge is 0.127 e. The van der Waals surface area contributed by atoms with E-state index in [1.54, 1.807) is 7.11 Å². The van der Waals surface area contributed by atoms with E-state index in [0.717, 1.165) is 27.0 Å². The van der Waals surface area contributed by atoms with Crippen LogP contribution in [0.25, 0.3) is 0 Å². The van der Waals surface area contributed by atoms with Crippen LogP contribution < -0.4 is 4.74 Å². The molecule has 1 heterocycles. The van der Waals surface area contributed by atoms with Gasteiger partial charge in [0.05, 0.1) is 21.1 Å². The molecule has 2 aromatic carbocycles. The Kier molecular flexibility index (Phi) is 4.66. The van der Waals surface area contributed by atoms with Crippen molar-refractivity contribution in [1.29, 1.82) is 0 Å². The minimum absolute atomic E-state index is 0.224. The summed E-state index contributed by atoms with van der Waals surface area (Å²) in [6.45, 7) is 1.29. The number of rotatable bonds is 4. The van der Waals surface area contributed by atoms with Gasteiger partial charge in [0, 0.05) is 24.4 Å². The molecule has 0 saturated heterocycles. The molecule has 0 amide bonds. The highest BCUT2D eigenvalue weighted by Gasteiger charge is 2.33. The predicted octanol–water partition coefficient (Wildman–Crippen LogP) is 4.35. The molecule has 4 rings (SSSR count). The standard InChI is InChI=1S/C20H21O3P/c1-21-18-9-7-15-8-10-19(22-11-14-5-3-2-4-6-14)17-13-24-23-12-16(18)20(15)17/h2-6,8,10,13,16,18H,7,9,11-12H2,1H3. The molecule has 4 heteroatoms. The van der Waals surface area contributed by atoms with Crippen LogP contribution in [0.3, 0.4) is 0 Å². The molecule has 2 atom stereocenters. The molecule has 2 aliphatic rings. The normalized spacial score (nSPS) is 22.5. The van der Waals surface area contributed by atoms with Gasteiger partial charge in [0.15, 0.2) is 0 Å². The van der Waals surface area contributed by atoms with E-state index in [1.807, 2.05) is 18.2 Å². The maximum absolute atomic E-state index is 6.15. The third kappa shape index (κ3) is 3.00. The Balaban J connectivity index is 1.68. The largest absolute Gasteiger partial charge is 0.488 e. The van der Waals surface area contributed by atoms with Gasteiger partial charge in [-0.15, -0.1) is 0 Å². The predicted molar refractivity (Wildman–Crippen MR) is 97.1 cm³/mol. The molecule has 0 spiro atoms. The van der Waals surface area contributed by atoms with Crippen molar-refractivity contribution in [2.24, 2.45) is 0 Å². The van der Waals surface area contributed by atoms with Gasteiger partial charge in [-0.05, 0) is 35.6 Å². The van der Waals surface area contributed by atoms with Gasteiger partial charge < -0.3 is 14.0 Å². The molecule has 2 unspecified atom stereocenters. The first kappa shape index (κ1) is 15.8. The van der Waals surface area contributed by atoms with E-state index in [0.29, 0.717) is 19.1 Å². The number of aryl methyl sites for hydroxylation is 1. The second kappa shape index (κ2) is 7.06. The van der Waals surface area contributed by atoms with E-state index in [2.05, 4.69) is 30.1 Å². The molecule has 24 heavy (non-hydrogen) atoms. The van der Waals surface area contributed by atoms with Gasteiger partial charge in [0.1, 0.15) is 12.4 Å². The molecule has 1 aliphatic carbocycles. The van der Waals surface area contributed by atoms with Crippen molar-refractivity contribution in [1.82, 2.24) is 0 Å². The Labute approximate surface area is 144 Å². The van der Waals surface area contributed by atoms with Gasteiger partial charge in [-0.2, -0.15) is 0 Å². The summed E-state index contributed by atoms with van der Waals surface area (Å²) in [4.78, 5) is 0. The molecule has 0 bridgehead atoms. The zero-order valence-electron chi connectivity index (χ0n) is 13.8. The fraction of sp³-hybridized carbons (Fsp3) is 0.350. The van der Waals surface area contributed by atoms with Crippen LogP contribution >= 0.6 is 8.43 Å². The van der Waals surface area contributed by atoms with Gasteiger partial charge in [-0.25, -0.2) is 0 Å². The fourth-order valence-corrected chi connectivity index (χ4v) is 4.38. The van der Waals surface area contributed by atoms with Gasteiger partial charge >= 0.3 is 0 Å². The fourth-order valence-electron chi connectivity index (χ4n) is 3.68. The maximum Gasteiger partial charge on any atom is 0.127 e. The Bertz CT molecular complexity index is 742. The van der Waals surface area contributed by atoms with Crippen molar-refractivity contribution in [3.05, 3.63) is 64.7 Å². The van der Waals surface area contributed by atoms with Crippen LogP contribution in [0.15, 0.2) is 42.5 Å². The minimum atomic E-state index is 0.224. The van der Waals surface area contributed by atoms with E-state index in [9.17, 15) is 0 Å². The van der Waals surface area contributed by atoms with Crippen LogP contribution in [0.5, 0.6) is 5.75 Å². The van der Waals surface area contributed by atoms with E-state index >= 15 is 0 Å². The average molecular weight is 340 g/mol. The number of ether oxygens (including phenoxy) is 2. The molecule has 124 valence electrons. The third-order valence-corrected chi connectivity index (χ3v) is 5.57. The van der Waals surface area contributed by atoms with Gasteiger partial charge in [0.2, 0.25) is 0 Å². The minimum Gasteiger partial charge on any atom is -0.488 e. The van der Waals surface area contributed by atoms with Crippen LogP contribution in [0.4, 0.5) is 0 Å². The number of hydrogen-bond donors (Lipinski definition) is 0. The Hall–Kier alpha value is -1.67. The Morgan fingerprint density at radius 2 is 2.04 bits per heavy atom. The molecular weight excluding hydrogens is 319 g/mol. The first-order valence-corrected chi connectivity index (χ1v) is 9.25. The lowest BCUT2D eigenvalue weighted by molar-refractivity contribution is 0.0525. The lowest BCUT2D eigenvalue weighted by Crippen LogP contribution is -2.30. The summed E-state index contributed by atoms with van der Waals surface area (Å²) in [7, 11) is 2.69. The van der Waals surface area contributed by atoms with Crippen LogP contribution in [0.1, 0.15) is 34.6 Å². The van der Waals surface area contributed by atoms with Crippen molar-refractivity contribution in [3.8, 4) is 5.75 Å². The highest BCUT2D eigenvalue weighted by atomic mass is 31.1. The van der Waals surface area contributed by atoms with E-state index in [4.69, 9.17) is 14.0 Å². The molecule has 0 N–H and O–H groups in total. The summed E-state index contributed by atoms with van der Waals surface area (Å²) in [5.41, 5.74) is 5.14. The summed E-state index contributed by atoms with van der Waals surface area (Å²) in [6, 6.07) is 14.6. The summed E-state index contributed by atoms with van der Waals surface area (Å²) >= 11 is 0. The van der Waals surface area contributed by atoms with Crippen molar-refractivity contribution < 1.29 is 14.0 Å². The number of methoxy groups -OCH3 is 1. The Morgan fingerprint density at radius 1 is 1.17 bits per heavy atom. The van der Waals surface area contributed by atoms with Crippen LogP contribution in [0.2, 0.25) is 0 Å². The van der Waals surface area contributed by atoms with Crippen LogP contribution in [-0.2, 0) is 22.3 Å². The van der Waals surface area contributed by atoms with Crippen molar-refractivity contribution >= 4 is 14.2 Å². The topological polar surface area (TPSA) is 27.7 Å². The molecule has 0 saturated carbocycles. The Morgan fingerprint density at radius 3 is 2.88 bits per heavy atom. The summed E-state index contributed by atoms with van der Waals surface area (Å²) < 4.78 is 17.7. The summed E-state index contributed by atoms with van der Waals surface area (Å²) in [6.07, 6.45) is 2.33. The second-order valence-electron chi connectivity index (χ2n) is 6.27. The second-order valence-corrected chi connectivity index (χ2v) is 7.00. The number of hydrogen-bond acceptors (Lipinski definition) is 3. The highest BCUT2D eigenvalue weighted by Crippen LogP contribution is 2.41. The molecule has 0 fully saturated rings. The van der Waals surface area contributed by atoms with E-state index in [1.165, 1.54) is 22.3 Å². The monoisotopic (exact) mass is 340 g/mol. The lowest BCUT2D eigenvalue weighted by atomic mass is 9.78. The SMILES string of the molecule is COC1CCc2ccc(OCc3ccccc3)c3c2C1COP=C3. The van der Waals surface area contributed by atoms with E-state index < -0.39 is 0 Å². The molecular formula is C20H21O3P. The van der Waals surface area contributed by atoms with Crippen molar-refractivity contribution in [3.63, 3.8) is 0 Å². The molecule has 0 aromatic heterocycles. The molecule has 2 aromatic rings. The molecule has 1 aliphatic heterocycles. The summed E-state index contributed by atoms with van der Waals surface area (Å²) in [5.74, 6) is 3.37. The highest BCUT2D eigenvalue weighted by molar-refractivity contribution is 7.33.